The van der Waals surface area contributed by atoms with Gasteiger partial charge in [-0.15, -0.1) is 0 Å². The Hall–Kier alpha value is -6.22. The number of nitrogen functional groups attached to an aromatic ring is 2. The second-order valence-electron chi connectivity index (χ2n) is 12.0. The maximum Gasteiger partial charge on any atom is 0.266 e. The molecule has 0 unspecified atom stereocenters. The second-order valence-corrected chi connectivity index (χ2v) is 12.8. The van der Waals surface area contributed by atoms with Crippen LogP contribution in [0.25, 0.3) is 33.4 Å². The number of carbonyl (C=O) groups is 4. The largest absolute Gasteiger partial charge is 0.399 e. The molecule has 0 fully saturated rings. The predicted octanol–water partition coefficient (Wildman–Crippen LogP) is 8.76. The highest BCUT2D eigenvalue weighted by atomic mass is 35.5. The summed E-state index contributed by atoms with van der Waals surface area (Å²) >= 11 is 13.4. The van der Waals surface area contributed by atoms with E-state index >= 15 is 0 Å². The summed E-state index contributed by atoms with van der Waals surface area (Å²) in [5.41, 5.74) is 19.0. The number of benzene rings is 6. The smallest absolute Gasteiger partial charge is 0.266 e. The average Bonchev–Trinajstić information content (AvgIpc) is 3.51. The Bertz CT molecular complexity index is 2290. The molecule has 8 rings (SSSR count). The number of fused-ring (bicyclic) bond motifs is 2. The molecule has 0 saturated carbocycles. The maximum atomic E-state index is 13.5. The van der Waals surface area contributed by atoms with Crippen molar-refractivity contribution in [2.45, 2.75) is 0 Å². The van der Waals surface area contributed by atoms with Gasteiger partial charge < -0.3 is 11.5 Å². The molecule has 50 heavy (non-hydrogen) atoms. The van der Waals surface area contributed by atoms with Gasteiger partial charge in [0.05, 0.1) is 43.7 Å². The van der Waals surface area contributed by atoms with Gasteiger partial charge in [-0.25, -0.2) is 9.80 Å². The van der Waals surface area contributed by atoms with E-state index in [9.17, 15) is 19.2 Å². The van der Waals surface area contributed by atoms with E-state index in [1.807, 2.05) is 24.3 Å². The summed E-state index contributed by atoms with van der Waals surface area (Å²) in [4.78, 5) is 56.0. The fraction of sp³-hybridized carbons (Fsp3) is 0. The van der Waals surface area contributed by atoms with Crippen LogP contribution in [0, 0.1) is 0 Å². The third kappa shape index (κ3) is 5.01. The van der Waals surface area contributed by atoms with E-state index in [4.69, 9.17) is 34.7 Å². The first-order chi connectivity index (χ1) is 24.1. The highest BCUT2D eigenvalue weighted by Gasteiger charge is 2.39. The zero-order valence-electron chi connectivity index (χ0n) is 26.0. The Morgan fingerprint density at radius 2 is 0.660 bits per heavy atom. The molecule has 4 N–H and O–H groups in total. The SMILES string of the molecule is Nc1ccc(-c2ccc3c(c2)C(=O)N(c2ccc(-c4ccc(N5C(=O)c6ccc(-c7ccc(N)cc7)cc6C5=O)c(Cl)c4)cc2Cl)C3=O)cc1. The molecule has 242 valence electrons. The van der Waals surface area contributed by atoms with Crippen LogP contribution in [0.5, 0.6) is 0 Å². The van der Waals surface area contributed by atoms with Crippen molar-refractivity contribution >= 4 is 69.6 Å². The number of rotatable bonds is 5. The van der Waals surface area contributed by atoms with Crippen LogP contribution in [-0.4, -0.2) is 23.6 Å². The molecule has 8 nitrogen and oxygen atoms in total. The highest BCUT2D eigenvalue weighted by Crippen LogP contribution is 2.40. The van der Waals surface area contributed by atoms with E-state index in [0.29, 0.717) is 22.5 Å². The zero-order chi connectivity index (χ0) is 34.8. The molecule has 0 radical (unpaired) electrons. The molecule has 10 heteroatoms. The Morgan fingerprint density at radius 3 is 1.02 bits per heavy atom. The third-order valence-corrected chi connectivity index (χ3v) is 9.58. The number of halogens is 2. The Balaban J connectivity index is 1.05. The van der Waals surface area contributed by atoms with Gasteiger partial charge in [0.15, 0.2) is 0 Å². The lowest BCUT2D eigenvalue weighted by Gasteiger charge is -2.18. The van der Waals surface area contributed by atoms with E-state index in [0.717, 1.165) is 32.1 Å². The first-order valence-electron chi connectivity index (χ1n) is 15.5. The molecule has 2 aliphatic rings. The van der Waals surface area contributed by atoms with Crippen molar-refractivity contribution in [2.24, 2.45) is 0 Å². The molecule has 0 saturated heterocycles. The second kappa shape index (κ2) is 11.7. The zero-order valence-corrected chi connectivity index (χ0v) is 27.5. The van der Waals surface area contributed by atoms with Crippen molar-refractivity contribution in [2.75, 3.05) is 21.3 Å². The number of hydrogen-bond acceptors (Lipinski definition) is 6. The normalized spacial score (nSPS) is 13.6. The van der Waals surface area contributed by atoms with Gasteiger partial charge >= 0.3 is 0 Å². The van der Waals surface area contributed by atoms with E-state index in [1.54, 1.807) is 97.1 Å². The number of nitrogens with two attached hydrogens (primary N) is 2. The minimum absolute atomic E-state index is 0.174. The van der Waals surface area contributed by atoms with E-state index in [-0.39, 0.29) is 43.7 Å². The van der Waals surface area contributed by atoms with Crippen molar-refractivity contribution in [1.29, 1.82) is 0 Å². The van der Waals surface area contributed by atoms with E-state index in [1.165, 1.54) is 0 Å². The molecule has 0 bridgehead atoms. The monoisotopic (exact) mass is 694 g/mol. The predicted molar refractivity (Wildman–Crippen MR) is 197 cm³/mol. The van der Waals surface area contributed by atoms with Gasteiger partial charge in [0.2, 0.25) is 0 Å². The van der Waals surface area contributed by atoms with Crippen molar-refractivity contribution in [3.8, 4) is 33.4 Å². The van der Waals surface area contributed by atoms with Crippen molar-refractivity contribution in [3.05, 3.63) is 154 Å². The fourth-order valence-corrected chi connectivity index (χ4v) is 6.90. The summed E-state index contributed by atoms with van der Waals surface area (Å²) in [5, 5.41) is 0.349. The molecule has 0 aromatic heterocycles. The first-order valence-corrected chi connectivity index (χ1v) is 16.2. The van der Waals surface area contributed by atoms with Crippen LogP contribution in [0.15, 0.2) is 121 Å². The Labute approximate surface area is 296 Å². The standard InChI is InChI=1S/C40H24Cl2N4O4/c41-33-19-25(7-15-35(33)45-37(47)29-13-5-23(17-31(29)39(45)49)21-1-9-27(43)10-2-21)26-8-16-36(34(42)20-26)46-38(48)30-14-6-24(18-32(30)40(46)50)22-3-11-28(44)12-4-22/h1-20H,43-44H2. The third-order valence-electron chi connectivity index (χ3n) is 8.97. The van der Waals surface area contributed by atoms with Crippen molar-refractivity contribution < 1.29 is 19.2 Å². The van der Waals surface area contributed by atoms with Gasteiger partial charge in [-0.05, 0) is 106 Å². The van der Waals surface area contributed by atoms with Crippen LogP contribution in [-0.2, 0) is 0 Å². The minimum Gasteiger partial charge on any atom is -0.399 e. The molecule has 4 amide bonds. The lowest BCUT2D eigenvalue weighted by molar-refractivity contribution is 0.0910. The molecular weight excluding hydrogens is 671 g/mol. The maximum absolute atomic E-state index is 13.5. The molecule has 0 spiro atoms. The summed E-state index contributed by atoms with van der Waals surface area (Å²) in [6, 6.07) is 34.6. The lowest BCUT2D eigenvalue weighted by Crippen LogP contribution is -2.29. The van der Waals surface area contributed by atoms with Crippen molar-refractivity contribution in [3.63, 3.8) is 0 Å². The lowest BCUT2D eigenvalue weighted by atomic mass is 10.00. The Morgan fingerprint density at radius 1 is 0.360 bits per heavy atom. The molecule has 2 aliphatic heterocycles. The van der Waals surface area contributed by atoms with Gasteiger partial charge in [-0.3, -0.25) is 19.2 Å². The summed E-state index contributed by atoms with van der Waals surface area (Å²) in [6.45, 7) is 0. The van der Waals surface area contributed by atoms with Gasteiger partial charge in [-0.1, -0.05) is 71.7 Å². The molecule has 2 heterocycles. The van der Waals surface area contributed by atoms with E-state index in [2.05, 4.69) is 0 Å². The molecular formula is C40H24Cl2N4O4. The van der Waals surface area contributed by atoms with Gasteiger partial charge in [0, 0.05) is 11.4 Å². The fourth-order valence-electron chi connectivity index (χ4n) is 6.37. The van der Waals surface area contributed by atoms with E-state index < -0.39 is 23.6 Å². The van der Waals surface area contributed by atoms with Crippen LogP contribution < -0.4 is 21.3 Å². The number of hydrogen-bond donors (Lipinski definition) is 2. The topological polar surface area (TPSA) is 127 Å². The van der Waals surface area contributed by atoms with Crippen LogP contribution in [0.4, 0.5) is 22.7 Å². The van der Waals surface area contributed by atoms with Crippen molar-refractivity contribution in [1.82, 2.24) is 0 Å². The molecule has 0 atom stereocenters. The molecule has 6 aromatic rings. The highest BCUT2D eigenvalue weighted by molar-refractivity contribution is 6.41. The quantitative estimate of drug-likeness (QED) is 0.137. The number of carbonyl (C=O) groups excluding carboxylic acids is 4. The summed E-state index contributed by atoms with van der Waals surface area (Å²) in [7, 11) is 0. The minimum atomic E-state index is -0.481. The number of nitrogens with zero attached hydrogens (tertiary/aromatic N) is 2. The van der Waals surface area contributed by atoms with Crippen LogP contribution in [0.1, 0.15) is 41.4 Å². The summed E-state index contributed by atoms with van der Waals surface area (Å²) in [5.74, 6) is -1.91. The van der Waals surface area contributed by atoms with Crippen LogP contribution in [0.2, 0.25) is 10.0 Å². The molecule has 0 aliphatic carbocycles. The summed E-state index contributed by atoms with van der Waals surface area (Å²) in [6.07, 6.45) is 0. The molecule has 6 aromatic carbocycles. The first kappa shape index (κ1) is 31.1. The van der Waals surface area contributed by atoms with Crippen LogP contribution >= 0.6 is 23.2 Å². The Kier molecular flexibility index (Phi) is 7.29. The average molecular weight is 696 g/mol. The van der Waals surface area contributed by atoms with Crippen LogP contribution in [0.3, 0.4) is 0 Å². The van der Waals surface area contributed by atoms with Gasteiger partial charge in [0.1, 0.15) is 0 Å². The number of anilines is 4. The van der Waals surface area contributed by atoms with Gasteiger partial charge in [-0.2, -0.15) is 0 Å². The number of imide groups is 2. The number of amides is 4. The summed E-state index contributed by atoms with van der Waals surface area (Å²) < 4.78 is 0. The van der Waals surface area contributed by atoms with Gasteiger partial charge in [0.25, 0.3) is 23.6 Å².